The Morgan fingerprint density at radius 2 is 1.58 bits per heavy atom. The normalized spacial score (nSPS) is 12.7. The first-order chi connectivity index (χ1) is 23.3. The van der Waals surface area contributed by atoms with E-state index in [1.165, 1.54) is 75.8 Å². The van der Waals surface area contributed by atoms with Crippen LogP contribution < -0.4 is 0 Å². The van der Waals surface area contributed by atoms with E-state index in [1.807, 2.05) is 45.2 Å². The van der Waals surface area contributed by atoms with Crippen molar-refractivity contribution in [2.75, 3.05) is 0 Å². The minimum absolute atomic E-state index is 0. The number of fused-ring (bicyclic) bond motifs is 7. The topological polar surface area (TPSA) is 54.6 Å². The van der Waals surface area contributed by atoms with Gasteiger partial charge in [-0.1, -0.05) is 89.9 Å². The molecule has 3 aromatic carbocycles. The molecule has 0 spiro atoms. The summed E-state index contributed by atoms with van der Waals surface area (Å²) in [4.78, 5) is 18.0. The van der Waals surface area contributed by atoms with Crippen LogP contribution in [-0.4, -0.2) is 20.3 Å². The minimum Gasteiger partial charge on any atom is -0.512 e. The average molecular weight is 864 g/mol. The molecule has 0 atom stereocenters. The van der Waals surface area contributed by atoms with E-state index >= 15 is 0 Å². The number of carbonyl (C=O) groups excluding carboxylic acids is 1. The Balaban J connectivity index is 0.000000261. The molecule has 0 aliphatic heterocycles. The number of aromatic nitrogens is 2. The molecule has 0 aliphatic rings. The number of hydrogen-bond donors (Lipinski definition) is 1. The molecule has 6 heteroatoms. The molecule has 0 aliphatic carbocycles. The molecule has 1 radical (unpaired) electrons. The Morgan fingerprint density at radius 1 is 0.900 bits per heavy atom. The molecule has 0 fully saturated rings. The second-order valence-corrected chi connectivity index (χ2v) is 16.3. The molecule has 0 saturated carbocycles. The predicted molar refractivity (Wildman–Crippen MR) is 212 cm³/mol. The van der Waals surface area contributed by atoms with Crippen LogP contribution >= 0.6 is 11.3 Å². The number of benzene rings is 3. The van der Waals surface area contributed by atoms with Crippen molar-refractivity contribution in [2.45, 2.75) is 101 Å². The van der Waals surface area contributed by atoms with Crippen LogP contribution in [0.2, 0.25) is 0 Å². The van der Waals surface area contributed by atoms with Gasteiger partial charge in [-0.05, 0) is 107 Å². The number of aliphatic hydroxyl groups is 1. The van der Waals surface area contributed by atoms with Gasteiger partial charge in [-0.2, -0.15) is 11.3 Å². The number of allylic oxidation sites excluding steroid dienone is 2. The third-order valence-electron chi connectivity index (χ3n) is 10.6. The van der Waals surface area contributed by atoms with Gasteiger partial charge in [0.05, 0.1) is 5.76 Å². The van der Waals surface area contributed by atoms with Crippen LogP contribution in [0.1, 0.15) is 95.7 Å². The standard InChI is InChI=1S/C31H27N2S.C13H24O2.Ir/c1-16-18(3)34-25-14-23-28-27-20(11-12-32-28)8-9-21-22-13-19(15-31(4,5)6)7-10-24(22)33(30(21)27)29(23)17(2)26(16)25;1-5-10(6-2)12(14)9-13(15)11(7-3)8-4;/h7-13H,15H2,1-6H3;9-11,14H,5-8H2,1-4H3;/q-1;;/b;12-9-;. The van der Waals surface area contributed by atoms with E-state index in [-0.39, 0.29) is 48.9 Å². The summed E-state index contributed by atoms with van der Waals surface area (Å²) in [5, 5.41) is 17.4. The number of aliphatic hydroxyl groups excluding tert-OH is 1. The van der Waals surface area contributed by atoms with Crippen molar-refractivity contribution in [3.63, 3.8) is 0 Å². The maximum atomic E-state index is 11.7. The number of rotatable bonds is 8. The zero-order valence-electron chi connectivity index (χ0n) is 31.3. The Morgan fingerprint density at radius 3 is 2.22 bits per heavy atom. The van der Waals surface area contributed by atoms with E-state index in [9.17, 15) is 9.90 Å². The first-order valence-corrected chi connectivity index (χ1v) is 18.9. The number of carbonyl (C=O) groups is 1. The first kappa shape index (κ1) is 37.9. The van der Waals surface area contributed by atoms with Crippen LogP contribution in [0.5, 0.6) is 0 Å². The number of ketones is 1. The second kappa shape index (κ2) is 14.7. The van der Waals surface area contributed by atoms with Gasteiger partial charge in [-0.3, -0.25) is 4.79 Å². The van der Waals surface area contributed by atoms with Crippen LogP contribution in [0.15, 0.2) is 54.4 Å². The van der Waals surface area contributed by atoms with Crippen molar-refractivity contribution in [3.05, 3.63) is 82.1 Å². The van der Waals surface area contributed by atoms with Gasteiger partial charge in [0.25, 0.3) is 0 Å². The fourth-order valence-corrected chi connectivity index (χ4v) is 8.96. The zero-order chi connectivity index (χ0) is 35.4. The third kappa shape index (κ3) is 6.60. The monoisotopic (exact) mass is 864 g/mol. The van der Waals surface area contributed by atoms with Gasteiger partial charge in [0.1, 0.15) is 0 Å². The molecule has 4 heterocycles. The van der Waals surface area contributed by atoms with Gasteiger partial charge in [0.15, 0.2) is 5.78 Å². The van der Waals surface area contributed by atoms with E-state index < -0.39 is 0 Å². The molecule has 7 rings (SSSR count). The van der Waals surface area contributed by atoms with Gasteiger partial charge in [-0.25, -0.2) is 0 Å². The first-order valence-electron chi connectivity index (χ1n) is 18.1. The van der Waals surface area contributed by atoms with Crippen LogP contribution in [-0.2, 0) is 31.3 Å². The molecular formula is C44H51IrN2O2S-. The molecule has 4 aromatic heterocycles. The molecule has 4 nitrogen and oxygen atoms in total. The van der Waals surface area contributed by atoms with Crippen molar-refractivity contribution in [3.8, 4) is 0 Å². The van der Waals surface area contributed by atoms with E-state index in [1.54, 1.807) is 0 Å². The smallest absolute Gasteiger partial charge is 0.162 e. The molecule has 0 bridgehead atoms. The van der Waals surface area contributed by atoms with Gasteiger partial charge in [-0.15, -0.1) is 11.6 Å². The Labute approximate surface area is 314 Å². The fourth-order valence-electron chi connectivity index (χ4n) is 7.83. The van der Waals surface area contributed by atoms with E-state index in [4.69, 9.17) is 4.98 Å². The minimum atomic E-state index is 0. The fraction of sp³-hybridized carbons (Fsp3) is 0.409. The number of pyridine rings is 2. The van der Waals surface area contributed by atoms with Crippen molar-refractivity contribution in [1.82, 2.24) is 9.38 Å². The molecule has 50 heavy (non-hydrogen) atoms. The quantitative estimate of drug-likeness (QED) is 0.0544. The van der Waals surface area contributed by atoms with E-state index in [0.29, 0.717) is 0 Å². The summed E-state index contributed by atoms with van der Waals surface area (Å²) in [6.45, 7) is 21.8. The van der Waals surface area contributed by atoms with Crippen LogP contribution in [0.25, 0.3) is 59.1 Å². The Kier molecular flexibility index (Phi) is 11.2. The molecule has 265 valence electrons. The second-order valence-electron chi connectivity index (χ2n) is 15.1. The number of nitrogens with zero attached hydrogens (tertiary/aromatic N) is 2. The summed E-state index contributed by atoms with van der Waals surface area (Å²) >= 11 is 1.85. The van der Waals surface area contributed by atoms with Crippen LogP contribution in [0.3, 0.4) is 0 Å². The number of aryl methyl sites for hydroxylation is 3. The van der Waals surface area contributed by atoms with Crippen molar-refractivity contribution in [1.29, 1.82) is 0 Å². The third-order valence-corrected chi connectivity index (χ3v) is 11.7. The summed E-state index contributed by atoms with van der Waals surface area (Å²) in [6, 6.07) is 17.6. The zero-order valence-corrected chi connectivity index (χ0v) is 34.5. The summed E-state index contributed by atoms with van der Waals surface area (Å²) in [6.07, 6.45) is 7.92. The SMILES string of the molecule is CCC(CC)C(=O)/C=C(\O)C(CC)CC.Cc1sc2[c-]c3c4nccc5ccc6c7cc(CC(C)(C)C)ccc7n(c3c(C)c2c1C)c6c54.[Ir]. The van der Waals surface area contributed by atoms with Crippen LogP contribution in [0.4, 0.5) is 0 Å². The van der Waals surface area contributed by atoms with Crippen molar-refractivity contribution >= 4 is 76.2 Å². The number of thiophene rings is 1. The van der Waals surface area contributed by atoms with E-state index in [0.717, 1.165) is 43.0 Å². The molecule has 0 amide bonds. The Hall–Kier alpha value is -3.31. The van der Waals surface area contributed by atoms with Crippen molar-refractivity contribution in [2.24, 2.45) is 17.3 Å². The van der Waals surface area contributed by atoms with Gasteiger partial charge >= 0.3 is 0 Å². The maximum Gasteiger partial charge on any atom is 0.162 e. The molecule has 1 N–H and O–H groups in total. The molecular weight excluding hydrogens is 813 g/mol. The largest absolute Gasteiger partial charge is 0.512 e. The van der Waals surface area contributed by atoms with Gasteiger partial charge in [0.2, 0.25) is 0 Å². The van der Waals surface area contributed by atoms with Gasteiger partial charge < -0.3 is 14.5 Å². The molecule has 7 aromatic rings. The summed E-state index contributed by atoms with van der Waals surface area (Å²) < 4.78 is 3.75. The van der Waals surface area contributed by atoms with Crippen molar-refractivity contribution < 1.29 is 30.0 Å². The Bertz CT molecular complexity index is 2360. The average Bonchev–Trinajstić information content (AvgIpc) is 3.54. The van der Waals surface area contributed by atoms with Crippen LogP contribution in [0, 0.1) is 44.1 Å². The maximum absolute atomic E-state index is 11.7. The summed E-state index contributed by atoms with van der Waals surface area (Å²) in [5.41, 5.74) is 9.23. The van der Waals surface area contributed by atoms with Gasteiger partial charge in [0, 0.05) is 66.0 Å². The van der Waals surface area contributed by atoms with E-state index in [2.05, 4.69) is 88.4 Å². The summed E-state index contributed by atoms with van der Waals surface area (Å²) in [5.74, 6) is 0.547. The number of hydrogen-bond acceptors (Lipinski definition) is 4. The summed E-state index contributed by atoms with van der Waals surface area (Å²) in [7, 11) is 0. The molecule has 0 unspecified atom stereocenters. The molecule has 0 saturated heterocycles. The predicted octanol–water partition coefficient (Wildman–Crippen LogP) is 12.8.